The lowest BCUT2D eigenvalue weighted by Crippen LogP contribution is -2.36. The number of urea groups is 1. The van der Waals surface area contributed by atoms with Crippen LogP contribution in [0.4, 0.5) is 9.18 Å². The van der Waals surface area contributed by atoms with Crippen LogP contribution < -0.4 is 10.6 Å². The molecule has 1 aromatic carbocycles. The molecule has 2 amide bonds. The second-order valence-electron chi connectivity index (χ2n) is 4.35. The van der Waals surface area contributed by atoms with Gasteiger partial charge in [-0.05, 0) is 35.7 Å². The van der Waals surface area contributed by atoms with Crippen molar-refractivity contribution in [2.45, 2.75) is 13.0 Å². The van der Waals surface area contributed by atoms with Gasteiger partial charge in [0.2, 0.25) is 0 Å². The fourth-order valence-corrected chi connectivity index (χ4v) is 1.71. The summed E-state index contributed by atoms with van der Waals surface area (Å²) >= 11 is 0. The van der Waals surface area contributed by atoms with Gasteiger partial charge in [0.15, 0.2) is 0 Å². The number of hydrogen-bond acceptors (Lipinski definition) is 2. The summed E-state index contributed by atoms with van der Waals surface area (Å²) in [4.78, 5) is 15.6. The van der Waals surface area contributed by atoms with Gasteiger partial charge in [0.25, 0.3) is 0 Å². The Kier molecular flexibility index (Phi) is 5.06. The van der Waals surface area contributed by atoms with E-state index in [1.54, 1.807) is 24.5 Å². The predicted molar refractivity (Wildman–Crippen MR) is 74.6 cm³/mol. The predicted octanol–water partition coefficient (Wildman–Crippen LogP) is 2.26. The van der Waals surface area contributed by atoms with Crippen molar-refractivity contribution in [3.8, 4) is 0 Å². The van der Waals surface area contributed by atoms with Crippen molar-refractivity contribution in [3.05, 3.63) is 65.7 Å². The van der Waals surface area contributed by atoms with Crippen LogP contribution >= 0.6 is 0 Å². The molecule has 0 spiro atoms. The average molecular weight is 273 g/mol. The monoisotopic (exact) mass is 273 g/mol. The summed E-state index contributed by atoms with van der Waals surface area (Å²) in [5.41, 5.74) is 1.93. The number of rotatable bonds is 5. The first-order valence-electron chi connectivity index (χ1n) is 6.39. The first-order valence-corrected chi connectivity index (χ1v) is 6.39. The van der Waals surface area contributed by atoms with Crippen molar-refractivity contribution in [1.29, 1.82) is 0 Å². The Morgan fingerprint density at radius 3 is 2.60 bits per heavy atom. The lowest BCUT2D eigenvalue weighted by atomic mass is 10.2. The summed E-state index contributed by atoms with van der Waals surface area (Å²) < 4.78 is 12.7. The molecule has 2 aromatic rings. The molecule has 2 N–H and O–H groups in total. The minimum atomic E-state index is -0.283. The SMILES string of the molecule is O=C(NCCc1cccnc1)NCc1ccc(F)cc1. The van der Waals surface area contributed by atoms with Gasteiger partial charge in [-0.3, -0.25) is 4.98 Å². The van der Waals surface area contributed by atoms with Crippen LogP contribution in [0.2, 0.25) is 0 Å². The van der Waals surface area contributed by atoms with E-state index in [0.29, 0.717) is 13.1 Å². The van der Waals surface area contributed by atoms with E-state index in [1.165, 1.54) is 12.1 Å². The van der Waals surface area contributed by atoms with E-state index in [1.807, 2.05) is 12.1 Å². The highest BCUT2D eigenvalue weighted by Gasteiger charge is 2.00. The molecular weight excluding hydrogens is 257 g/mol. The van der Waals surface area contributed by atoms with Crippen LogP contribution in [0.25, 0.3) is 0 Å². The average Bonchev–Trinajstić information content (AvgIpc) is 2.48. The Morgan fingerprint density at radius 1 is 1.10 bits per heavy atom. The number of benzene rings is 1. The maximum absolute atomic E-state index is 12.7. The van der Waals surface area contributed by atoms with E-state index in [-0.39, 0.29) is 11.8 Å². The summed E-state index contributed by atoms with van der Waals surface area (Å²) in [5.74, 6) is -0.283. The summed E-state index contributed by atoms with van der Waals surface area (Å²) in [6.07, 6.45) is 4.22. The maximum Gasteiger partial charge on any atom is 0.315 e. The minimum absolute atomic E-state index is 0.238. The summed E-state index contributed by atoms with van der Waals surface area (Å²) in [6.45, 7) is 0.917. The van der Waals surface area contributed by atoms with Gasteiger partial charge in [-0.2, -0.15) is 0 Å². The quantitative estimate of drug-likeness (QED) is 0.878. The second-order valence-corrected chi connectivity index (χ2v) is 4.35. The second kappa shape index (κ2) is 7.23. The van der Waals surface area contributed by atoms with Crippen LogP contribution in [0.1, 0.15) is 11.1 Å². The van der Waals surface area contributed by atoms with E-state index in [2.05, 4.69) is 15.6 Å². The van der Waals surface area contributed by atoms with Crippen LogP contribution in [0.5, 0.6) is 0 Å². The first-order chi connectivity index (χ1) is 9.74. The van der Waals surface area contributed by atoms with Crippen molar-refractivity contribution in [2.75, 3.05) is 6.54 Å². The van der Waals surface area contributed by atoms with Gasteiger partial charge in [-0.15, -0.1) is 0 Å². The highest BCUT2D eigenvalue weighted by molar-refractivity contribution is 5.73. The van der Waals surface area contributed by atoms with Gasteiger partial charge in [0, 0.05) is 25.5 Å². The molecule has 0 aliphatic rings. The van der Waals surface area contributed by atoms with E-state index in [4.69, 9.17) is 0 Å². The minimum Gasteiger partial charge on any atom is -0.338 e. The molecule has 5 heteroatoms. The lowest BCUT2D eigenvalue weighted by molar-refractivity contribution is 0.240. The largest absolute Gasteiger partial charge is 0.338 e. The van der Waals surface area contributed by atoms with Gasteiger partial charge in [-0.25, -0.2) is 9.18 Å². The molecule has 20 heavy (non-hydrogen) atoms. The Hall–Kier alpha value is -2.43. The zero-order valence-electron chi connectivity index (χ0n) is 11.0. The number of pyridine rings is 1. The normalized spacial score (nSPS) is 10.1. The number of carbonyl (C=O) groups excluding carboxylic acids is 1. The van der Waals surface area contributed by atoms with Crippen molar-refractivity contribution in [1.82, 2.24) is 15.6 Å². The van der Waals surface area contributed by atoms with Crippen molar-refractivity contribution < 1.29 is 9.18 Å². The third kappa shape index (κ3) is 4.68. The Bertz CT molecular complexity index is 543. The molecule has 0 unspecified atom stereocenters. The third-order valence-corrected chi connectivity index (χ3v) is 2.79. The number of nitrogens with zero attached hydrogens (tertiary/aromatic N) is 1. The Labute approximate surface area is 117 Å². The van der Waals surface area contributed by atoms with Gasteiger partial charge in [0.05, 0.1) is 0 Å². The number of amides is 2. The van der Waals surface area contributed by atoms with Crippen molar-refractivity contribution in [3.63, 3.8) is 0 Å². The zero-order valence-corrected chi connectivity index (χ0v) is 11.0. The molecule has 0 aliphatic carbocycles. The Balaban J connectivity index is 1.67. The van der Waals surface area contributed by atoms with Crippen LogP contribution in [-0.2, 0) is 13.0 Å². The molecular formula is C15H16FN3O. The molecule has 0 radical (unpaired) electrons. The van der Waals surface area contributed by atoms with E-state index in [9.17, 15) is 9.18 Å². The molecule has 1 aromatic heterocycles. The molecule has 0 saturated carbocycles. The van der Waals surface area contributed by atoms with Gasteiger partial charge >= 0.3 is 6.03 Å². The molecule has 0 bridgehead atoms. The highest BCUT2D eigenvalue weighted by Crippen LogP contribution is 2.01. The summed E-state index contributed by atoms with van der Waals surface area (Å²) in [6, 6.07) is 9.62. The smallest absolute Gasteiger partial charge is 0.315 e. The first kappa shape index (κ1) is 14.0. The topological polar surface area (TPSA) is 54.0 Å². The molecule has 0 saturated heterocycles. The Morgan fingerprint density at radius 2 is 1.90 bits per heavy atom. The van der Waals surface area contributed by atoms with E-state index >= 15 is 0 Å². The number of halogens is 1. The van der Waals surface area contributed by atoms with E-state index in [0.717, 1.165) is 17.5 Å². The third-order valence-electron chi connectivity index (χ3n) is 2.79. The number of nitrogens with one attached hydrogen (secondary N) is 2. The van der Waals surface area contributed by atoms with Gasteiger partial charge < -0.3 is 10.6 Å². The number of hydrogen-bond donors (Lipinski definition) is 2. The van der Waals surface area contributed by atoms with Crippen molar-refractivity contribution >= 4 is 6.03 Å². The van der Waals surface area contributed by atoms with Crippen LogP contribution in [-0.4, -0.2) is 17.6 Å². The van der Waals surface area contributed by atoms with Crippen LogP contribution in [0.3, 0.4) is 0 Å². The molecule has 104 valence electrons. The summed E-state index contributed by atoms with van der Waals surface area (Å²) in [7, 11) is 0. The molecule has 0 aliphatic heterocycles. The van der Waals surface area contributed by atoms with Gasteiger partial charge in [-0.1, -0.05) is 18.2 Å². The molecule has 0 atom stereocenters. The molecule has 2 rings (SSSR count). The fraction of sp³-hybridized carbons (Fsp3) is 0.200. The maximum atomic E-state index is 12.7. The van der Waals surface area contributed by atoms with Crippen LogP contribution in [0.15, 0.2) is 48.8 Å². The van der Waals surface area contributed by atoms with Crippen LogP contribution in [0, 0.1) is 5.82 Å². The van der Waals surface area contributed by atoms with Crippen molar-refractivity contribution in [2.24, 2.45) is 0 Å². The molecule has 4 nitrogen and oxygen atoms in total. The van der Waals surface area contributed by atoms with E-state index < -0.39 is 0 Å². The number of carbonyl (C=O) groups is 1. The summed E-state index contributed by atoms with van der Waals surface area (Å²) in [5, 5.41) is 5.48. The standard InChI is InChI=1S/C15H16FN3O/c16-14-5-3-13(4-6-14)11-19-15(20)18-9-7-12-2-1-8-17-10-12/h1-6,8,10H,7,9,11H2,(H2,18,19,20). The lowest BCUT2D eigenvalue weighted by Gasteiger charge is -2.07. The number of aromatic nitrogens is 1. The molecule has 0 fully saturated rings. The van der Waals surface area contributed by atoms with Gasteiger partial charge in [0.1, 0.15) is 5.82 Å². The fourth-order valence-electron chi connectivity index (χ4n) is 1.71. The highest BCUT2D eigenvalue weighted by atomic mass is 19.1. The molecule has 1 heterocycles. The zero-order chi connectivity index (χ0) is 14.2.